The minimum absolute atomic E-state index is 0.0798. The minimum atomic E-state index is -0.812. The van der Waals surface area contributed by atoms with Gasteiger partial charge >= 0.3 is 11.8 Å². The van der Waals surface area contributed by atoms with E-state index in [4.69, 9.17) is 10.5 Å². The molecular formula is C25H23N5O3. The van der Waals surface area contributed by atoms with Gasteiger partial charge in [-0.25, -0.2) is 4.98 Å². The Labute approximate surface area is 191 Å². The number of methoxy groups -OCH3 is 1. The van der Waals surface area contributed by atoms with Gasteiger partial charge in [0.1, 0.15) is 11.6 Å². The normalized spacial score (nSPS) is 10.6. The molecule has 0 radical (unpaired) electrons. The highest BCUT2D eigenvalue weighted by molar-refractivity contribution is 6.44. The van der Waals surface area contributed by atoms with Crippen LogP contribution in [0.2, 0.25) is 0 Å². The number of ether oxygens (including phenoxy) is 1. The zero-order valence-electron chi connectivity index (χ0n) is 18.3. The fraction of sp³-hybridized carbons (Fsp3) is 0.120. The van der Waals surface area contributed by atoms with E-state index in [2.05, 4.69) is 15.3 Å². The van der Waals surface area contributed by atoms with Crippen LogP contribution >= 0.6 is 0 Å². The number of nitrogens with two attached hydrogens (primary N) is 1. The molecular weight excluding hydrogens is 418 g/mol. The van der Waals surface area contributed by atoms with Crippen LogP contribution in [0.4, 0.5) is 17.2 Å². The highest BCUT2D eigenvalue weighted by Crippen LogP contribution is 2.29. The molecule has 0 saturated heterocycles. The van der Waals surface area contributed by atoms with Crippen LogP contribution in [0, 0.1) is 6.92 Å². The first-order valence-corrected chi connectivity index (χ1v) is 10.3. The maximum Gasteiger partial charge on any atom is 0.317 e. The van der Waals surface area contributed by atoms with Crippen molar-refractivity contribution in [2.45, 2.75) is 13.5 Å². The second-order valence-corrected chi connectivity index (χ2v) is 7.44. The molecule has 8 heteroatoms. The molecule has 4 aromatic rings. The van der Waals surface area contributed by atoms with Crippen LogP contribution < -0.4 is 20.7 Å². The molecule has 0 aliphatic heterocycles. The zero-order valence-corrected chi connectivity index (χ0v) is 18.3. The third-order valence-corrected chi connectivity index (χ3v) is 5.17. The third-order valence-electron chi connectivity index (χ3n) is 5.17. The molecule has 0 bridgehead atoms. The Hall–Kier alpha value is -4.46. The maximum absolute atomic E-state index is 13.3. The molecule has 3 N–H and O–H groups in total. The number of amides is 2. The third kappa shape index (κ3) is 4.74. The van der Waals surface area contributed by atoms with Gasteiger partial charge in [-0.05, 0) is 42.8 Å². The summed E-state index contributed by atoms with van der Waals surface area (Å²) in [7, 11) is 1.51. The number of aromatic nitrogens is 2. The molecule has 4 rings (SSSR count). The van der Waals surface area contributed by atoms with Gasteiger partial charge in [0, 0.05) is 5.39 Å². The Morgan fingerprint density at radius 1 is 1.06 bits per heavy atom. The Morgan fingerprint density at radius 2 is 1.82 bits per heavy atom. The molecule has 33 heavy (non-hydrogen) atoms. The summed E-state index contributed by atoms with van der Waals surface area (Å²) in [4.78, 5) is 36.3. The summed E-state index contributed by atoms with van der Waals surface area (Å²) in [5.74, 6) is -0.751. The lowest BCUT2D eigenvalue weighted by Gasteiger charge is -2.24. The Morgan fingerprint density at radius 3 is 2.61 bits per heavy atom. The number of nitrogens with zero attached hydrogens (tertiary/aromatic N) is 3. The fourth-order valence-electron chi connectivity index (χ4n) is 3.44. The second kappa shape index (κ2) is 9.35. The maximum atomic E-state index is 13.3. The molecule has 0 atom stereocenters. The number of carbonyl (C=O) groups is 2. The van der Waals surface area contributed by atoms with Crippen LogP contribution in [0.25, 0.3) is 10.9 Å². The minimum Gasteiger partial charge on any atom is -0.495 e. The van der Waals surface area contributed by atoms with Crippen LogP contribution in [-0.2, 0) is 16.1 Å². The molecule has 0 saturated carbocycles. The van der Waals surface area contributed by atoms with Gasteiger partial charge in [0.05, 0.1) is 42.4 Å². The van der Waals surface area contributed by atoms with Gasteiger partial charge in [0.2, 0.25) is 0 Å². The van der Waals surface area contributed by atoms with Gasteiger partial charge in [0.25, 0.3) is 0 Å². The smallest absolute Gasteiger partial charge is 0.317 e. The van der Waals surface area contributed by atoms with Gasteiger partial charge < -0.3 is 15.8 Å². The van der Waals surface area contributed by atoms with E-state index in [9.17, 15) is 9.59 Å². The van der Waals surface area contributed by atoms with Gasteiger partial charge in [-0.2, -0.15) is 0 Å². The molecule has 2 aromatic carbocycles. The van der Waals surface area contributed by atoms with E-state index in [0.717, 1.165) is 10.9 Å². The Bertz CT molecular complexity index is 1340. The van der Waals surface area contributed by atoms with Gasteiger partial charge in [-0.15, -0.1) is 0 Å². The summed E-state index contributed by atoms with van der Waals surface area (Å²) in [6.45, 7) is 1.85. The zero-order chi connectivity index (χ0) is 23.4. The van der Waals surface area contributed by atoms with E-state index in [1.165, 1.54) is 18.2 Å². The van der Waals surface area contributed by atoms with Crippen molar-refractivity contribution in [1.29, 1.82) is 0 Å². The van der Waals surface area contributed by atoms with E-state index in [0.29, 0.717) is 34.2 Å². The number of hydrogen-bond donors (Lipinski definition) is 2. The van der Waals surface area contributed by atoms with Crippen molar-refractivity contribution in [3.8, 4) is 5.75 Å². The first kappa shape index (κ1) is 21.8. The lowest BCUT2D eigenvalue weighted by molar-refractivity contribution is -0.134. The monoisotopic (exact) mass is 441 g/mol. The highest BCUT2D eigenvalue weighted by atomic mass is 16.5. The summed E-state index contributed by atoms with van der Waals surface area (Å²) in [5.41, 5.74) is 8.71. The Balaban J connectivity index is 1.67. The van der Waals surface area contributed by atoms with E-state index >= 15 is 0 Å². The second-order valence-electron chi connectivity index (χ2n) is 7.44. The van der Waals surface area contributed by atoms with Crippen LogP contribution in [0.15, 0.2) is 72.9 Å². The molecule has 0 spiro atoms. The lowest BCUT2D eigenvalue weighted by atomic mass is 10.2. The predicted molar refractivity (Wildman–Crippen MR) is 128 cm³/mol. The van der Waals surface area contributed by atoms with Crippen molar-refractivity contribution in [2.75, 3.05) is 23.1 Å². The van der Waals surface area contributed by atoms with Crippen LogP contribution in [-0.4, -0.2) is 28.9 Å². The number of para-hydroxylation sites is 3. The van der Waals surface area contributed by atoms with Crippen molar-refractivity contribution < 1.29 is 14.3 Å². The SMILES string of the molecule is COc1ccccc1N(Cc1ccc2ccccc2n1)C(=O)C(=O)Nc1cnc(N)c(C)c1. The van der Waals surface area contributed by atoms with Crippen molar-refractivity contribution in [3.63, 3.8) is 0 Å². The molecule has 2 heterocycles. The average Bonchev–Trinajstić information content (AvgIpc) is 2.84. The van der Waals surface area contributed by atoms with Crippen molar-refractivity contribution in [2.24, 2.45) is 0 Å². The summed E-state index contributed by atoms with van der Waals surface area (Å²) in [5, 5.41) is 3.59. The number of aryl methyl sites for hydroxylation is 1. The number of benzene rings is 2. The quantitative estimate of drug-likeness (QED) is 0.457. The van der Waals surface area contributed by atoms with Crippen LogP contribution in [0.3, 0.4) is 0 Å². The van der Waals surface area contributed by atoms with E-state index < -0.39 is 11.8 Å². The number of nitrogens with one attached hydrogen (secondary N) is 1. The topological polar surface area (TPSA) is 110 Å². The van der Waals surface area contributed by atoms with Gasteiger partial charge in [0.15, 0.2) is 0 Å². The first-order valence-electron chi connectivity index (χ1n) is 10.3. The van der Waals surface area contributed by atoms with E-state index in [-0.39, 0.29) is 6.54 Å². The number of fused-ring (bicyclic) bond motifs is 1. The van der Waals surface area contributed by atoms with Crippen molar-refractivity contribution in [3.05, 3.63) is 84.2 Å². The lowest BCUT2D eigenvalue weighted by Crippen LogP contribution is -2.40. The number of nitrogen functional groups attached to an aromatic ring is 1. The van der Waals surface area contributed by atoms with E-state index in [1.807, 2.05) is 36.4 Å². The molecule has 166 valence electrons. The summed E-state index contributed by atoms with van der Waals surface area (Å²) < 4.78 is 5.44. The van der Waals surface area contributed by atoms with Crippen LogP contribution in [0.5, 0.6) is 5.75 Å². The molecule has 2 amide bonds. The molecule has 2 aromatic heterocycles. The molecule has 8 nitrogen and oxygen atoms in total. The number of hydrogen-bond acceptors (Lipinski definition) is 6. The van der Waals surface area contributed by atoms with Crippen molar-refractivity contribution in [1.82, 2.24) is 9.97 Å². The predicted octanol–water partition coefficient (Wildman–Crippen LogP) is 3.70. The standard InChI is InChI=1S/C25H23N5O3/c1-16-13-19(14-27-23(16)26)29-24(31)25(32)30(21-9-5-6-10-22(21)33-2)15-18-12-11-17-7-3-4-8-20(17)28-18/h3-14H,15H2,1-2H3,(H2,26,27)(H,29,31). The number of anilines is 3. The summed E-state index contributed by atoms with van der Waals surface area (Å²) in [6.07, 6.45) is 1.41. The first-order chi connectivity index (χ1) is 16.0. The number of pyridine rings is 2. The van der Waals surface area contributed by atoms with Gasteiger partial charge in [-0.3, -0.25) is 19.5 Å². The molecule has 0 aliphatic carbocycles. The average molecular weight is 441 g/mol. The molecule has 0 fully saturated rings. The largest absolute Gasteiger partial charge is 0.495 e. The Kier molecular flexibility index (Phi) is 6.17. The molecule has 0 unspecified atom stereocenters. The van der Waals surface area contributed by atoms with Crippen LogP contribution in [0.1, 0.15) is 11.3 Å². The van der Waals surface area contributed by atoms with E-state index in [1.54, 1.807) is 37.3 Å². The highest BCUT2D eigenvalue weighted by Gasteiger charge is 2.26. The number of rotatable bonds is 5. The molecule has 0 aliphatic rings. The van der Waals surface area contributed by atoms with Crippen molar-refractivity contribution >= 4 is 39.9 Å². The summed E-state index contributed by atoms with van der Waals surface area (Å²) >= 11 is 0. The fourth-order valence-corrected chi connectivity index (χ4v) is 3.44. The van der Waals surface area contributed by atoms with Gasteiger partial charge in [-0.1, -0.05) is 36.4 Å². The number of carbonyl (C=O) groups excluding carboxylic acids is 2. The summed E-state index contributed by atoms with van der Waals surface area (Å²) in [6, 6.07) is 20.2.